The molecule has 3 aromatic rings. The van der Waals surface area contributed by atoms with E-state index in [-0.39, 0.29) is 0 Å². The molecule has 162 valence electrons. The number of hydrogen-bond donors (Lipinski definition) is 1. The highest BCUT2D eigenvalue weighted by Gasteiger charge is 2.12. The molecule has 0 atom stereocenters. The number of fused-ring (bicyclic) bond motifs is 2. The molecule has 30 heavy (non-hydrogen) atoms. The summed E-state index contributed by atoms with van der Waals surface area (Å²) in [6.07, 6.45) is 0.984. The van der Waals surface area contributed by atoms with Crippen molar-refractivity contribution in [2.75, 3.05) is 44.8 Å². The van der Waals surface area contributed by atoms with Crippen molar-refractivity contribution in [1.29, 1.82) is 0 Å². The summed E-state index contributed by atoms with van der Waals surface area (Å²) in [5.74, 6) is 2.69. The Morgan fingerprint density at radius 1 is 1.17 bits per heavy atom. The van der Waals surface area contributed by atoms with Crippen LogP contribution >= 0.6 is 23.4 Å². The molecule has 0 fully saturated rings. The summed E-state index contributed by atoms with van der Waals surface area (Å²) in [7, 11) is 1.58. The average molecular weight is 449 g/mol. The maximum atomic E-state index is 10.7. The Hall–Kier alpha value is -1.96. The predicted molar refractivity (Wildman–Crippen MR) is 126 cm³/mol. The Morgan fingerprint density at radius 2 is 1.97 bits per heavy atom. The minimum atomic E-state index is 0.485. The van der Waals surface area contributed by atoms with Crippen LogP contribution in [-0.4, -0.2) is 64.6 Å². The van der Waals surface area contributed by atoms with E-state index < -0.39 is 0 Å². The monoisotopic (exact) mass is 448 g/mol. The van der Waals surface area contributed by atoms with Crippen molar-refractivity contribution in [2.24, 2.45) is 4.99 Å². The molecule has 0 saturated carbocycles. The minimum absolute atomic E-state index is 0.485. The highest BCUT2D eigenvalue weighted by Crippen LogP contribution is 2.22. The lowest BCUT2D eigenvalue weighted by molar-refractivity contribution is 0.211. The van der Waals surface area contributed by atoms with E-state index in [0.29, 0.717) is 34.0 Å². The van der Waals surface area contributed by atoms with Crippen LogP contribution in [0.4, 0.5) is 0 Å². The van der Waals surface area contributed by atoms with Crippen LogP contribution in [-0.2, 0) is 0 Å². The van der Waals surface area contributed by atoms with Gasteiger partial charge in [-0.15, -0.1) is 0 Å². The van der Waals surface area contributed by atoms with Gasteiger partial charge in [-0.25, -0.2) is 4.98 Å². The second-order valence-electron chi connectivity index (χ2n) is 6.92. The number of hydrogen-bond acceptors (Lipinski definition) is 6. The van der Waals surface area contributed by atoms with Gasteiger partial charge in [0.05, 0.1) is 18.0 Å². The standard InChI is InChI=1S/C22H29ClN4O2S/c1-4-26(5-2)12-14-30-13-6-11-24-21-17-8-7-16(23)15-19(17)27(28)18-9-10-20(29-3)25-22(18)21/h7-10,15,28H,4-6,11-14H2,1-3H3. The van der Waals surface area contributed by atoms with Gasteiger partial charge in [-0.3, -0.25) is 4.99 Å². The molecule has 3 rings (SSSR count). The van der Waals surface area contributed by atoms with Crippen LogP contribution in [0.2, 0.25) is 5.02 Å². The number of nitrogens with zero attached hydrogens (tertiary/aromatic N) is 4. The largest absolute Gasteiger partial charge is 0.481 e. The minimum Gasteiger partial charge on any atom is -0.481 e. The van der Waals surface area contributed by atoms with Gasteiger partial charge < -0.3 is 14.8 Å². The number of methoxy groups -OCH3 is 1. The normalized spacial score (nSPS) is 12.4. The van der Waals surface area contributed by atoms with Crippen molar-refractivity contribution in [2.45, 2.75) is 20.3 Å². The predicted octanol–water partition coefficient (Wildman–Crippen LogP) is 4.45. The molecule has 0 aliphatic rings. The number of rotatable bonds is 10. The third kappa shape index (κ3) is 5.20. The topological polar surface area (TPSA) is 62.9 Å². The third-order valence-corrected chi connectivity index (χ3v) is 6.40. The lowest BCUT2D eigenvalue weighted by Gasteiger charge is -2.17. The Bertz CT molecular complexity index is 1070. The van der Waals surface area contributed by atoms with Gasteiger partial charge in [-0.1, -0.05) is 25.4 Å². The van der Waals surface area contributed by atoms with E-state index >= 15 is 0 Å². The number of pyridine rings is 2. The van der Waals surface area contributed by atoms with Gasteiger partial charge in [0, 0.05) is 35.3 Å². The second kappa shape index (κ2) is 10.9. The molecule has 0 saturated heterocycles. The van der Waals surface area contributed by atoms with E-state index in [2.05, 4.69) is 23.7 Å². The van der Waals surface area contributed by atoms with Gasteiger partial charge >= 0.3 is 0 Å². The summed E-state index contributed by atoms with van der Waals surface area (Å²) in [4.78, 5) is 11.9. The molecule has 8 heteroatoms. The van der Waals surface area contributed by atoms with Gasteiger partial charge in [-0.05, 0) is 49.5 Å². The lowest BCUT2D eigenvalue weighted by Crippen LogP contribution is -2.25. The molecule has 0 aliphatic carbocycles. The fourth-order valence-electron chi connectivity index (χ4n) is 3.38. The van der Waals surface area contributed by atoms with E-state index in [1.807, 2.05) is 17.8 Å². The van der Waals surface area contributed by atoms with Crippen molar-refractivity contribution < 1.29 is 9.94 Å². The first-order valence-electron chi connectivity index (χ1n) is 10.3. The molecule has 0 amide bonds. The summed E-state index contributed by atoms with van der Waals surface area (Å²) in [5, 5.41) is 12.8. The van der Waals surface area contributed by atoms with Crippen LogP contribution < -0.4 is 10.1 Å². The number of benzene rings is 1. The highest BCUT2D eigenvalue weighted by molar-refractivity contribution is 7.99. The lowest BCUT2D eigenvalue weighted by atomic mass is 10.1. The number of aromatic nitrogens is 2. The van der Waals surface area contributed by atoms with E-state index in [0.717, 1.165) is 53.0 Å². The fourth-order valence-corrected chi connectivity index (χ4v) is 4.47. The quantitative estimate of drug-likeness (QED) is 0.282. The van der Waals surface area contributed by atoms with E-state index in [4.69, 9.17) is 21.3 Å². The van der Waals surface area contributed by atoms with Gasteiger partial charge in [-0.2, -0.15) is 16.5 Å². The van der Waals surface area contributed by atoms with Crippen LogP contribution in [0.15, 0.2) is 35.3 Å². The van der Waals surface area contributed by atoms with Crippen LogP contribution in [0.1, 0.15) is 20.3 Å². The average Bonchev–Trinajstić information content (AvgIpc) is 2.77. The van der Waals surface area contributed by atoms with Crippen LogP contribution in [0.3, 0.4) is 0 Å². The Morgan fingerprint density at radius 3 is 2.70 bits per heavy atom. The molecule has 0 unspecified atom stereocenters. The number of halogens is 1. The van der Waals surface area contributed by atoms with Gasteiger partial charge in [0.25, 0.3) is 0 Å². The van der Waals surface area contributed by atoms with Crippen LogP contribution in [0.25, 0.3) is 21.9 Å². The summed E-state index contributed by atoms with van der Waals surface area (Å²) in [5.41, 5.74) is 1.79. The Labute approximate surface area is 186 Å². The summed E-state index contributed by atoms with van der Waals surface area (Å²) in [6.45, 7) is 8.43. The maximum Gasteiger partial charge on any atom is 0.213 e. The SMILES string of the molecule is CCN(CC)CCSCCCN=c1c2ccc(Cl)cc2n(O)c2ccc(OC)nc12. The van der Waals surface area contributed by atoms with Crippen LogP contribution in [0, 0.1) is 0 Å². The summed E-state index contributed by atoms with van der Waals surface area (Å²) < 4.78 is 6.40. The maximum absolute atomic E-state index is 10.7. The van der Waals surface area contributed by atoms with E-state index in [9.17, 15) is 5.21 Å². The third-order valence-electron chi connectivity index (χ3n) is 5.12. The summed E-state index contributed by atoms with van der Waals surface area (Å²) in [6, 6.07) is 8.93. The fraction of sp³-hybridized carbons (Fsp3) is 0.455. The first-order valence-corrected chi connectivity index (χ1v) is 11.8. The zero-order valence-electron chi connectivity index (χ0n) is 17.8. The Kier molecular flexibility index (Phi) is 8.24. The molecule has 0 radical (unpaired) electrons. The van der Waals surface area contributed by atoms with Crippen LogP contribution in [0.5, 0.6) is 5.88 Å². The van der Waals surface area contributed by atoms with Gasteiger partial charge in [0.2, 0.25) is 5.88 Å². The van der Waals surface area contributed by atoms with Crippen molar-refractivity contribution in [3.63, 3.8) is 0 Å². The second-order valence-corrected chi connectivity index (χ2v) is 8.58. The smallest absolute Gasteiger partial charge is 0.213 e. The van der Waals surface area contributed by atoms with Gasteiger partial charge in [0.1, 0.15) is 11.0 Å². The summed E-state index contributed by atoms with van der Waals surface area (Å²) >= 11 is 8.13. The zero-order valence-corrected chi connectivity index (χ0v) is 19.3. The van der Waals surface area contributed by atoms with Crippen molar-refractivity contribution in [3.8, 4) is 5.88 Å². The van der Waals surface area contributed by atoms with Gasteiger partial charge in [0.15, 0.2) is 0 Å². The zero-order chi connectivity index (χ0) is 21.5. The molecule has 2 aromatic heterocycles. The molecule has 0 spiro atoms. The molecular formula is C22H29ClN4O2S. The van der Waals surface area contributed by atoms with Crippen molar-refractivity contribution >= 4 is 45.3 Å². The first-order chi connectivity index (χ1) is 14.6. The van der Waals surface area contributed by atoms with E-state index in [1.165, 1.54) is 0 Å². The molecule has 0 aliphatic heterocycles. The van der Waals surface area contributed by atoms with E-state index in [1.54, 1.807) is 31.4 Å². The molecule has 1 N–H and O–H groups in total. The van der Waals surface area contributed by atoms with Crippen molar-refractivity contribution in [3.05, 3.63) is 40.7 Å². The first kappa shape index (κ1) is 22.7. The van der Waals surface area contributed by atoms with Crippen molar-refractivity contribution in [1.82, 2.24) is 14.6 Å². The number of ether oxygens (including phenoxy) is 1. The molecule has 6 nitrogen and oxygen atoms in total. The molecule has 1 aromatic carbocycles. The highest BCUT2D eigenvalue weighted by atomic mass is 35.5. The Balaban J connectivity index is 1.84. The number of thioether (sulfide) groups is 1. The molecule has 2 heterocycles. The molecular weight excluding hydrogens is 420 g/mol. The molecule has 0 bridgehead atoms.